The summed E-state index contributed by atoms with van der Waals surface area (Å²) in [5.41, 5.74) is 6.89. The third kappa shape index (κ3) is 2.59. The van der Waals surface area contributed by atoms with Crippen LogP contribution in [0.15, 0.2) is 18.2 Å². The van der Waals surface area contributed by atoms with Crippen LogP contribution in [0, 0.1) is 18.7 Å². The molecule has 0 fully saturated rings. The van der Waals surface area contributed by atoms with Gasteiger partial charge in [0.1, 0.15) is 17.3 Å². The molecule has 5 heteroatoms. The van der Waals surface area contributed by atoms with E-state index in [9.17, 15) is 4.39 Å². The maximum Gasteiger partial charge on any atom is 0.151 e. The van der Waals surface area contributed by atoms with E-state index >= 15 is 0 Å². The molecule has 0 saturated carbocycles. The highest BCUT2D eigenvalue weighted by atomic mass is 35.5. The normalized spacial score (nSPS) is 11.3. The molecule has 0 atom stereocenters. The summed E-state index contributed by atoms with van der Waals surface area (Å²) in [5.74, 6) is 1.21. The number of nitrogens with two attached hydrogens (primary N) is 1. The van der Waals surface area contributed by atoms with Gasteiger partial charge in [-0.2, -0.15) is 0 Å². The molecule has 1 aromatic carbocycles. The molecule has 0 aliphatic carbocycles. The summed E-state index contributed by atoms with van der Waals surface area (Å²) in [4.78, 5) is 4.37. The number of imidazole rings is 1. The van der Waals surface area contributed by atoms with Crippen LogP contribution in [-0.4, -0.2) is 9.55 Å². The van der Waals surface area contributed by atoms with E-state index < -0.39 is 5.82 Å². The highest BCUT2D eigenvalue weighted by molar-refractivity contribution is 6.31. The van der Waals surface area contributed by atoms with Crippen LogP contribution in [0.4, 0.5) is 10.2 Å². The van der Waals surface area contributed by atoms with Crippen molar-refractivity contribution in [2.75, 3.05) is 5.73 Å². The Morgan fingerprint density at radius 1 is 1.42 bits per heavy atom. The average molecular weight is 282 g/mol. The Hall–Kier alpha value is -1.55. The number of aryl methyl sites for hydroxylation is 1. The zero-order chi connectivity index (χ0) is 14.2. The van der Waals surface area contributed by atoms with Crippen LogP contribution < -0.4 is 5.73 Å². The molecule has 0 aliphatic rings. The van der Waals surface area contributed by atoms with Gasteiger partial charge >= 0.3 is 0 Å². The lowest BCUT2D eigenvalue weighted by Crippen LogP contribution is -2.09. The minimum atomic E-state index is -0.481. The zero-order valence-corrected chi connectivity index (χ0v) is 12.0. The molecule has 0 unspecified atom stereocenters. The van der Waals surface area contributed by atoms with Crippen LogP contribution in [0.1, 0.15) is 19.7 Å². The zero-order valence-electron chi connectivity index (χ0n) is 11.2. The van der Waals surface area contributed by atoms with Gasteiger partial charge in [-0.05, 0) is 25.0 Å². The van der Waals surface area contributed by atoms with E-state index in [2.05, 4.69) is 18.8 Å². The van der Waals surface area contributed by atoms with Gasteiger partial charge in [-0.15, -0.1) is 0 Å². The first-order chi connectivity index (χ1) is 8.91. The fourth-order valence-electron chi connectivity index (χ4n) is 2.06. The van der Waals surface area contributed by atoms with E-state index in [0.717, 1.165) is 12.4 Å². The Balaban J connectivity index is 2.55. The highest BCUT2D eigenvalue weighted by Crippen LogP contribution is 2.31. The molecular weight excluding hydrogens is 265 g/mol. The molecule has 0 bridgehead atoms. The molecular formula is C14H17ClFN3. The molecule has 1 aromatic heterocycles. The number of anilines is 1. The maximum atomic E-state index is 14.0. The Morgan fingerprint density at radius 2 is 2.11 bits per heavy atom. The van der Waals surface area contributed by atoms with E-state index in [1.807, 2.05) is 11.5 Å². The van der Waals surface area contributed by atoms with Crippen molar-refractivity contribution in [1.82, 2.24) is 9.55 Å². The summed E-state index contributed by atoms with van der Waals surface area (Å²) in [7, 11) is 0. The second-order valence-corrected chi connectivity index (χ2v) is 5.41. The number of nitrogens with zero attached hydrogens (tertiary/aromatic N) is 2. The van der Waals surface area contributed by atoms with E-state index in [1.165, 1.54) is 6.07 Å². The van der Waals surface area contributed by atoms with Crippen LogP contribution >= 0.6 is 11.6 Å². The number of halogens is 2. The molecule has 102 valence electrons. The predicted octanol–water partition coefficient (Wildman–Crippen LogP) is 3.89. The number of benzene rings is 1. The monoisotopic (exact) mass is 281 g/mol. The van der Waals surface area contributed by atoms with Gasteiger partial charge in [-0.1, -0.05) is 31.5 Å². The van der Waals surface area contributed by atoms with Gasteiger partial charge in [0, 0.05) is 12.1 Å². The van der Waals surface area contributed by atoms with Gasteiger partial charge in [-0.25, -0.2) is 9.37 Å². The van der Waals surface area contributed by atoms with Crippen molar-refractivity contribution in [3.8, 4) is 11.3 Å². The lowest BCUT2D eigenvalue weighted by Gasteiger charge is -2.10. The van der Waals surface area contributed by atoms with Crippen LogP contribution in [-0.2, 0) is 6.54 Å². The van der Waals surface area contributed by atoms with Crippen molar-refractivity contribution < 1.29 is 4.39 Å². The maximum absolute atomic E-state index is 14.0. The molecule has 0 spiro atoms. The van der Waals surface area contributed by atoms with Crippen molar-refractivity contribution in [1.29, 1.82) is 0 Å². The number of hydrogen-bond donors (Lipinski definition) is 1. The Kier molecular flexibility index (Phi) is 3.80. The molecule has 2 N–H and O–H groups in total. The first-order valence-electron chi connectivity index (χ1n) is 6.18. The van der Waals surface area contributed by atoms with Gasteiger partial charge in [-0.3, -0.25) is 0 Å². The average Bonchev–Trinajstić information content (AvgIpc) is 2.60. The molecule has 0 amide bonds. The molecule has 0 saturated heterocycles. The number of nitrogen functional groups attached to an aromatic ring is 1. The molecule has 19 heavy (non-hydrogen) atoms. The highest BCUT2D eigenvalue weighted by Gasteiger charge is 2.18. The fraction of sp³-hybridized carbons (Fsp3) is 0.357. The first-order valence-corrected chi connectivity index (χ1v) is 6.56. The van der Waals surface area contributed by atoms with E-state index in [0.29, 0.717) is 23.0 Å². The van der Waals surface area contributed by atoms with Crippen LogP contribution in [0.2, 0.25) is 5.02 Å². The topological polar surface area (TPSA) is 43.8 Å². The van der Waals surface area contributed by atoms with Gasteiger partial charge in [0.15, 0.2) is 5.82 Å². The van der Waals surface area contributed by atoms with Crippen molar-refractivity contribution in [2.24, 2.45) is 5.92 Å². The summed E-state index contributed by atoms with van der Waals surface area (Å²) in [6.45, 7) is 6.81. The first kappa shape index (κ1) is 13.9. The summed E-state index contributed by atoms with van der Waals surface area (Å²) in [5, 5.41) is 0.0768. The largest absolute Gasteiger partial charge is 0.383 e. The number of aromatic nitrogens is 2. The summed E-state index contributed by atoms with van der Waals surface area (Å²) in [6, 6.07) is 4.84. The molecule has 1 heterocycles. The van der Waals surface area contributed by atoms with E-state index in [4.69, 9.17) is 17.3 Å². The standard InChI is InChI=1S/C14H17ClFN3/c1-8(2)7-19-9(3)18-13(14(19)17)10-5-4-6-11(15)12(10)16/h4-6,8H,7,17H2,1-3H3. The minimum Gasteiger partial charge on any atom is -0.383 e. The third-order valence-corrected chi connectivity index (χ3v) is 3.24. The molecule has 2 aromatic rings. The van der Waals surface area contributed by atoms with Crippen LogP contribution in [0.5, 0.6) is 0 Å². The molecule has 3 nitrogen and oxygen atoms in total. The van der Waals surface area contributed by atoms with Crippen LogP contribution in [0.25, 0.3) is 11.3 Å². The lowest BCUT2D eigenvalue weighted by atomic mass is 10.1. The van der Waals surface area contributed by atoms with Gasteiger partial charge < -0.3 is 10.3 Å². The minimum absolute atomic E-state index is 0.0768. The second kappa shape index (κ2) is 5.21. The van der Waals surface area contributed by atoms with Crippen molar-refractivity contribution in [3.05, 3.63) is 34.9 Å². The molecule has 0 radical (unpaired) electrons. The Labute approximate surface area is 117 Å². The summed E-state index contributed by atoms with van der Waals surface area (Å²) in [6.07, 6.45) is 0. The van der Waals surface area contributed by atoms with E-state index in [-0.39, 0.29) is 5.02 Å². The van der Waals surface area contributed by atoms with Crippen molar-refractivity contribution in [2.45, 2.75) is 27.3 Å². The quantitative estimate of drug-likeness (QED) is 0.927. The SMILES string of the molecule is Cc1nc(-c2cccc(Cl)c2F)c(N)n1CC(C)C. The molecule has 2 rings (SSSR count). The van der Waals surface area contributed by atoms with Crippen molar-refractivity contribution >= 4 is 17.4 Å². The number of hydrogen-bond acceptors (Lipinski definition) is 2. The summed E-state index contributed by atoms with van der Waals surface area (Å²) >= 11 is 5.80. The lowest BCUT2D eigenvalue weighted by molar-refractivity contribution is 0.518. The predicted molar refractivity (Wildman–Crippen MR) is 76.6 cm³/mol. The van der Waals surface area contributed by atoms with Gasteiger partial charge in [0.2, 0.25) is 0 Å². The Bertz CT molecular complexity index is 605. The Morgan fingerprint density at radius 3 is 2.74 bits per heavy atom. The van der Waals surface area contributed by atoms with E-state index in [1.54, 1.807) is 12.1 Å². The van der Waals surface area contributed by atoms with Gasteiger partial charge in [0.25, 0.3) is 0 Å². The smallest absolute Gasteiger partial charge is 0.151 e. The van der Waals surface area contributed by atoms with Crippen molar-refractivity contribution in [3.63, 3.8) is 0 Å². The van der Waals surface area contributed by atoms with Gasteiger partial charge in [0.05, 0.1) is 5.02 Å². The third-order valence-electron chi connectivity index (χ3n) is 2.95. The molecule has 0 aliphatic heterocycles. The fourth-order valence-corrected chi connectivity index (χ4v) is 2.24. The summed E-state index contributed by atoms with van der Waals surface area (Å²) < 4.78 is 15.9. The second-order valence-electron chi connectivity index (χ2n) is 5.00. The number of rotatable bonds is 3. The van der Waals surface area contributed by atoms with Crippen LogP contribution in [0.3, 0.4) is 0 Å².